The summed E-state index contributed by atoms with van der Waals surface area (Å²) in [7, 11) is 0. The van der Waals surface area contributed by atoms with Crippen LogP contribution >= 0.6 is 0 Å². The van der Waals surface area contributed by atoms with Gasteiger partial charge >= 0.3 is 0 Å². The van der Waals surface area contributed by atoms with E-state index >= 15 is 0 Å². The van der Waals surface area contributed by atoms with Crippen molar-refractivity contribution in [2.24, 2.45) is 0 Å². The Bertz CT molecular complexity index is 710. The van der Waals surface area contributed by atoms with Gasteiger partial charge in [-0.1, -0.05) is 165 Å². The summed E-state index contributed by atoms with van der Waals surface area (Å²) in [6.45, 7) is 43.4. The Morgan fingerprint density at radius 2 is 0.860 bits per heavy atom. The van der Waals surface area contributed by atoms with Crippen LogP contribution in [0.25, 0.3) is 0 Å². The highest BCUT2D eigenvalue weighted by Gasteiger charge is 2.14. The van der Waals surface area contributed by atoms with Crippen molar-refractivity contribution in [3.63, 3.8) is 0 Å². The molecule has 0 fully saturated rings. The molecule has 0 atom stereocenters. The molecule has 43 heavy (non-hydrogen) atoms. The smallest absolute Gasteiger partial charge is 0.115 e. The zero-order valence-electron chi connectivity index (χ0n) is 32.1. The van der Waals surface area contributed by atoms with E-state index in [0.717, 1.165) is 11.4 Å². The number of hydrogen-bond acceptors (Lipinski definition) is 4. The fourth-order valence-electron chi connectivity index (χ4n) is 2.35. The summed E-state index contributed by atoms with van der Waals surface area (Å²) in [5.74, 6) is 0. The molecular formula is C39H78N4. The second-order valence-electron chi connectivity index (χ2n) is 10.3. The van der Waals surface area contributed by atoms with Gasteiger partial charge < -0.3 is 0 Å². The molecule has 0 amide bonds. The van der Waals surface area contributed by atoms with Crippen LogP contribution in [0.3, 0.4) is 0 Å². The van der Waals surface area contributed by atoms with E-state index in [1.165, 1.54) is 5.56 Å². The molecule has 0 saturated carbocycles. The average Bonchev–Trinajstić information content (AvgIpc) is 3.04. The van der Waals surface area contributed by atoms with Crippen molar-refractivity contribution in [1.82, 2.24) is 19.9 Å². The maximum Gasteiger partial charge on any atom is 0.115 e. The van der Waals surface area contributed by atoms with Crippen molar-refractivity contribution in [3.8, 4) is 0 Å². The predicted octanol–water partition coefficient (Wildman–Crippen LogP) is 13.3. The lowest BCUT2D eigenvalue weighted by molar-refractivity contribution is 0.567. The van der Waals surface area contributed by atoms with E-state index in [4.69, 9.17) is 0 Å². The van der Waals surface area contributed by atoms with Gasteiger partial charge in [-0.2, -0.15) is 0 Å². The number of rotatable bonds is 0. The van der Waals surface area contributed by atoms with Gasteiger partial charge in [0.05, 0.1) is 0 Å². The monoisotopic (exact) mass is 603 g/mol. The number of pyridine rings is 2. The van der Waals surface area contributed by atoms with Gasteiger partial charge in [-0.15, -0.1) is 0 Å². The second-order valence-corrected chi connectivity index (χ2v) is 10.3. The molecule has 0 N–H and O–H groups in total. The van der Waals surface area contributed by atoms with Gasteiger partial charge in [0.1, 0.15) is 6.33 Å². The van der Waals surface area contributed by atoms with Gasteiger partial charge in [-0.3, -0.25) is 9.97 Å². The molecule has 0 unspecified atom stereocenters. The van der Waals surface area contributed by atoms with Crippen LogP contribution in [0.4, 0.5) is 0 Å². The van der Waals surface area contributed by atoms with Crippen LogP contribution in [0.1, 0.15) is 170 Å². The minimum absolute atomic E-state index is 0. The van der Waals surface area contributed by atoms with Gasteiger partial charge in [-0.25, -0.2) is 9.97 Å². The minimum atomic E-state index is 0. The van der Waals surface area contributed by atoms with E-state index in [0.29, 0.717) is 0 Å². The summed E-state index contributed by atoms with van der Waals surface area (Å²) in [5.41, 5.74) is 4.07. The fourth-order valence-corrected chi connectivity index (χ4v) is 2.35. The molecule has 4 nitrogen and oxygen atoms in total. The van der Waals surface area contributed by atoms with E-state index in [1.807, 2.05) is 120 Å². The molecule has 0 bridgehead atoms. The van der Waals surface area contributed by atoms with Gasteiger partial charge in [0, 0.05) is 47.0 Å². The molecule has 3 aromatic rings. The quantitative estimate of drug-likeness (QED) is 0.257. The second kappa shape index (κ2) is 37.4. The van der Waals surface area contributed by atoms with Gasteiger partial charge in [-0.05, 0) is 35.2 Å². The highest BCUT2D eigenvalue weighted by molar-refractivity contribution is 5.17. The van der Waals surface area contributed by atoms with Gasteiger partial charge in [0.2, 0.25) is 0 Å². The van der Waals surface area contributed by atoms with Crippen LogP contribution in [0.15, 0.2) is 67.5 Å². The average molecular weight is 603 g/mol. The molecule has 3 rings (SSSR count). The summed E-state index contributed by atoms with van der Waals surface area (Å²) in [6, 6.07) is 12.0. The Balaban J connectivity index is -0.0000000760. The summed E-state index contributed by atoms with van der Waals surface area (Å²) in [4.78, 5) is 16.3. The molecule has 4 heteroatoms. The van der Waals surface area contributed by atoms with Crippen molar-refractivity contribution in [2.45, 2.75) is 169 Å². The Kier molecular flexibility index (Phi) is 48.9. The zero-order valence-corrected chi connectivity index (χ0v) is 32.1. The first-order valence-electron chi connectivity index (χ1n) is 16.4. The lowest BCUT2D eigenvalue weighted by atomic mass is 9.88. The molecule has 3 heterocycles. The molecule has 0 aromatic carbocycles. The Labute approximate surface area is 273 Å². The molecule has 3 aromatic heterocycles. The van der Waals surface area contributed by atoms with Crippen LogP contribution in [-0.4, -0.2) is 19.9 Å². The predicted molar refractivity (Wildman–Crippen MR) is 201 cm³/mol. The third-order valence-corrected chi connectivity index (χ3v) is 4.31. The third kappa shape index (κ3) is 35.5. The topological polar surface area (TPSA) is 51.6 Å². The summed E-state index contributed by atoms with van der Waals surface area (Å²) in [5, 5.41) is 0. The van der Waals surface area contributed by atoms with E-state index in [-0.39, 0.29) is 23.7 Å². The minimum Gasteiger partial charge on any atom is -0.264 e. The maximum atomic E-state index is 4.25. The van der Waals surface area contributed by atoms with Crippen LogP contribution in [-0.2, 0) is 16.2 Å². The molecule has 0 radical (unpaired) electrons. The lowest BCUT2D eigenvalue weighted by Crippen LogP contribution is -2.12. The van der Waals surface area contributed by atoms with Crippen molar-refractivity contribution in [3.05, 3.63) is 84.5 Å². The van der Waals surface area contributed by atoms with Gasteiger partial charge in [0.25, 0.3) is 0 Å². The van der Waals surface area contributed by atoms with E-state index in [1.54, 1.807) is 18.7 Å². The molecular weight excluding hydrogens is 524 g/mol. The van der Waals surface area contributed by atoms with Crippen LogP contribution in [0.5, 0.6) is 0 Å². The highest BCUT2D eigenvalue weighted by atomic mass is 14.8. The number of aromatic nitrogens is 4. The number of hydrogen-bond donors (Lipinski definition) is 0. The Hall–Kier alpha value is -2.62. The first-order chi connectivity index (χ1) is 19.8. The van der Waals surface area contributed by atoms with Gasteiger partial charge in [0.15, 0.2) is 0 Å². The lowest BCUT2D eigenvalue weighted by Gasteiger charge is -2.17. The van der Waals surface area contributed by atoms with E-state index in [2.05, 4.69) is 94.4 Å². The van der Waals surface area contributed by atoms with Crippen LogP contribution in [0.2, 0.25) is 0 Å². The zero-order chi connectivity index (χ0) is 34.8. The SMILES string of the molecule is C.CC.CC.CC.CC.CC.CC.CC(C)(C)c1ccccn1.CC(C)(C)c1cccnc1.CC(C)(C)c1ccncn1. The third-order valence-electron chi connectivity index (χ3n) is 4.31. The summed E-state index contributed by atoms with van der Waals surface area (Å²) >= 11 is 0. The Morgan fingerprint density at radius 1 is 0.419 bits per heavy atom. The summed E-state index contributed by atoms with van der Waals surface area (Å²) < 4.78 is 0. The molecule has 0 spiro atoms. The normalized spacial score (nSPS) is 8.86. The van der Waals surface area contributed by atoms with Crippen molar-refractivity contribution in [2.75, 3.05) is 0 Å². The van der Waals surface area contributed by atoms with E-state index < -0.39 is 0 Å². The van der Waals surface area contributed by atoms with Crippen molar-refractivity contribution >= 4 is 0 Å². The molecule has 0 aliphatic heterocycles. The first kappa shape index (κ1) is 56.2. The summed E-state index contributed by atoms with van der Waals surface area (Å²) in [6.07, 6.45) is 8.91. The largest absolute Gasteiger partial charge is 0.264 e. The molecule has 0 aliphatic carbocycles. The van der Waals surface area contributed by atoms with Crippen molar-refractivity contribution < 1.29 is 0 Å². The molecule has 254 valence electrons. The Morgan fingerprint density at radius 3 is 1.07 bits per heavy atom. The molecule has 0 aliphatic rings. The standard InChI is InChI=1S/2C9H13N.C8H12N2.6C2H6.CH4/c1-9(2,3)8-5-4-6-10-7-8;1-9(2,3)8-6-4-5-7-10-8;1-8(2,3)7-4-5-9-6-10-7;6*1-2;/h2*4-7H,1-3H3;4-6H,1-3H3;6*1-2H3;1H4. The maximum absolute atomic E-state index is 4.25. The van der Waals surface area contributed by atoms with E-state index in [9.17, 15) is 0 Å². The van der Waals surface area contributed by atoms with Crippen molar-refractivity contribution in [1.29, 1.82) is 0 Å². The fraction of sp³-hybridized carbons (Fsp3) is 0.641. The highest BCUT2D eigenvalue weighted by Crippen LogP contribution is 2.20. The molecule has 0 saturated heterocycles. The first-order valence-corrected chi connectivity index (χ1v) is 16.4. The number of nitrogens with zero attached hydrogens (tertiary/aromatic N) is 4. The van der Waals surface area contributed by atoms with Crippen LogP contribution < -0.4 is 0 Å². The van der Waals surface area contributed by atoms with Crippen LogP contribution in [0, 0.1) is 0 Å².